The number of phenols is 1. The summed E-state index contributed by atoms with van der Waals surface area (Å²) in [5.41, 5.74) is 0.558. The van der Waals surface area contributed by atoms with Gasteiger partial charge in [0.15, 0.2) is 5.82 Å². The monoisotopic (exact) mass is 348 g/mol. The molecule has 0 spiro atoms. The molecule has 0 unspecified atom stereocenters. The van der Waals surface area contributed by atoms with Crippen molar-refractivity contribution in [3.8, 4) is 5.75 Å². The molecule has 2 aliphatic rings. The van der Waals surface area contributed by atoms with Gasteiger partial charge in [-0.3, -0.25) is 0 Å². The second-order valence-corrected chi connectivity index (χ2v) is 7.89. The molecule has 1 heterocycles. The van der Waals surface area contributed by atoms with Crippen LogP contribution >= 0.6 is 0 Å². The molecule has 1 aliphatic carbocycles. The number of benzene rings is 2. The Morgan fingerprint density at radius 3 is 2.75 bits per heavy atom. The van der Waals surface area contributed by atoms with Crippen molar-refractivity contribution >= 4 is 32.7 Å². The van der Waals surface area contributed by atoms with Gasteiger partial charge in [0.25, 0.3) is 0 Å². The Morgan fingerprint density at radius 1 is 1.29 bits per heavy atom. The minimum absolute atomic E-state index is 0.0829. The highest BCUT2D eigenvalue weighted by Crippen LogP contribution is 2.38. The second-order valence-electron chi connectivity index (χ2n) is 6.21. The van der Waals surface area contributed by atoms with Crippen LogP contribution in [0.2, 0.25) is 0 Å². The molecule has 0 atom stereocenters. The zero-order chi connectivity index (χ0) is 16.9. The molecule has 0 amide bonds. The molecule has 2 N–H and O–H groups in total. The summed E-state index contributed by atoms with van der Waals surface area (Å²) < 4.78 is 42.1. The number of anilines is 1. The molecule has 5 nitrogen and oxygen atoms in total. The third kappa shape index (κ3) is 2.63. The van der Waals surface area contributed by atoms with Gasteiger partial charge in [0, 0.05) is 18.5 Å². The predicted molar refractivity (Wildman–Crippen MR) is 91.6 cm³/mol. The smallest absolute Gasteiger partial charge is 0.301 e. The Labute approximate surface area is 139 Å². The van der Waals surface area contributed by atoms with E-state index in [9.17, 15) is 17.9 Å². The third-order valence-corrected chi connectivity index (χ3v) is 5.89. The minimum Gasteiger partial charge on any atom is -0.506 e. The van der Waals surface area contributed by atoms with Gasteiger partial charge in [-0.1, -0.05) is 24.3 Å². The number of rotatable bonds is 3. The van der Waals surface area contributed by atoms with E-state index in [4.69, 9.17) is 0 Å². The molecule has 2 fully saturated rings. The Balaban J connectivity index is 1.85. The van der Waals surface area contributed by atoms with Crippen molar-refractivity contribution in [2.24, 2.45) is 5.92 Å². The van der Waals surface area contributed by atoms with Crippen LogP contribution < -0.4 is 9.03 Å². The quantitative estimate of drug-likeness (QED) is 0.896. The van der Waals surface area contributed by atoms with Crippen molar-refractivity contribution in [2.45, 2.75) is 12.8 Å². The Bertz CT molecular complexity index is 952. The van der Waals surface area contributed by atoms with Crippen molar-refractivity contribution in [3.05, 3.63) is 41.7 Å². The number of aromatic hydroxyl groups is 1. The van der Waals surface area contributed by atoms with Crippen molar-refractivity contribution < 1.29 is 17.9 Å². The molecule has 126 valence electrons. The van der Waals surface area contributed by atoms with Crippen LogP contribution in [0.1, 0.15) is 18.4 Å². The average Bonchev–Trinajstić information content (AvgIpc) is 3.30. The highest BCUT2D eigenvalue weighted by Gasteiger charge is 2.33. The lowest BCUT2D eigenvalue weighted by Crippen LogP contribution is -2.30. The van der Waals surface area contributed by atoms with E-state index in [1.54, 1.807) is 12.1 Å². The number of nitrogens with one attached hydrogen (secondary N) is 1. The summed E-state index contributed by atoms with van der Waals surface area (Å²) in [5, 5.41) is 11.0. The number of phenolic OH excluding ortho intramolecular Hbond substituents is 1. The highest BCUT2D eigenvalue weighted by atomic mass is 32.2. The topological polar surface area (TPSA) is 69.6 Å². The van der Waals surface area contributed by atoms with Crippen molar-refractivity contribution in [2.75, 3.05) is 17.4 Å². The Hall–Kier alpha value is -2.12. The largest absolute Gasteiger partial charge is 0.506 e. The molecular weight excluding hydrogens is 331 g/mol. The zero-order valence-corrected chi connectivity index (χ0v) is 13.7. The lowest BCUT2D eigenvalue weighted by molar-refractivity contribution is 0.471. The lowest BCUT2D eigenvalue weighted by atomic mass is 10.0. The fraction of sp³-hybridized carbons (Fsp3) is 0.294. The van der Waals surface area contributed by atoms with E-state index in [1.165, 1.54) is 18.9 Å². The van der Waals surface area contributed by atoms with Crippen LogP contribution in [0.15, 0.2) is 30.3 Å². The van der Waals surface area contributed by atoms with Crippen LogP contribution in [0.3, 0.4) is 0 Å². The first-order valence-electron chi connectivity index (χ1n) is 7.86. The summed E-state index contributed by atoms with van der Waals surface area (Å²) in [5.74, 6) is -0.491. The summed E-state index contributed by atoms with van der Waals surface area (Å²) in [6.07, 6.45) is 6.44. The van der Waals surface area contributed by atoms with Gasteiger partial charge in [-0.15, -0.1) is 0 Å². The number of hydrogen-bond acceptors (Lipinski definition) is 3. The van der Waals surface area contributed by atoms with Gasteiger partial charge in [0.2, 0.25) is 0 Å². The maximum Gasteiger partial charge on any atom is 0.301 e. The number of fused-ring (bicyclic) bond motifs is 1. The summed E-state index contributed by atoms with van der Waals surface area (Å²) in [7, 11) is -3.81. The third-order valence-electron chi connectivity index (χ3n) is 4.38. The zero-order valence-electron chi connectivity index (χ0n) is 12.9. The fourth-order valence-electron chi connectivity index (χ4n) is 2.93. The fourth-order valence-corrected chi connectivity index (χ4v) is 4.18. The molecule has 24 heavy (non-hydrogen) atoms. The van der Waals surface area contributed by atoms with E-state index in [0.717, 1.165) is 9.87 Å². The van der Waals surface area contributed by atoms with Gasteiger partial charge in [-0.25, -0.2) is 8.70 Å². The first kappa shape index (κ1) is 15.4. The first-order valence-corrected chi connectivity index (χ1v) is 9.30. The maximum atomic E-state index is 15.0. The van der Waals surface area contributed by atoms with Crippen LogP contribution in [0.5, 0.6) is 5.75 Å². The van der Waals surface area contributed by atoms with Crippen LogP contribution in [-0.4, -0.2) is 26.6 Å². The predicted octanol–water partition coefficient (Wildman–Crippen LogP) is 2.76. The van der Waals surface area contributed by atoms with Gasteiger partial charge >= 0.3 is 10.2 Å². The number of halogens is 1. The van der Waals surface area contributed by atoms with Gasteiger partial charge in [-0.2, -0.15) is 13.1 Å². The van der Waals surface area contributed by atoms with E-state index < -0.39 is 16.0 Å². The van der Waals surface area contributed by atoms with Gasteiger partial charge in [0.05, 0.1) is 0 Å². The summed E-state index contributed by atoms with van der Waals surface area (Å²) in [6, 6.07) is 6.66. The summed E-state index contributed by atoms with van der Waals surface area (Å²) in [4.78, 5) is 0. The SMILES string of the molecule is O=S1(=O)NCCN1c1c(O)cc2ccc(/C=C/C3CC3)cc2c1F. The molecule has 4 rings (SSSR count). The molecule has 1 saturated carbocycles. The number of hydrogen-bond donors (Lipinski definition) is 2. The summed E-state index contributed by atoms with van der Waals surface area (Å²) >= 11 is 0. The summed E-state index contributed by atoms with van der Waals surface area (Å²) in [6.45, 7) is 0.267. The molecule has 2 aromatic rings. The standard InChI is InChI=1S/C17H17FN2O3S/c18-16-14-9-12(4-3-11-1-2-11)5-6-13(14)10-15(21)17(16)20-8-7-19-24(20,22)23/h3-6,9-11,19,21H,1-2,7-8H2/b4-3+. The van der Waals surface area contributed by atoms with Gasteiger partial charge in [-0.05, 0) is 41.8 Å². The minimum atomic E-state index is -3.81. The van der Waals surface area contributed by atoms with Crippen LogP contribution in [-0.2, 0) is 10.2 Å². The van der Waals surface area contributed by atoms with Crippen molar-refractivity contribution in [1.29, 1.82) is 0 Å². The molecule has 0 aromatic heterocycles. The lowest BCUT2D eigenvalue weighted by Gasteiger charge is -2.19. The van der Waals surface area contributed by atoms with Crippen LogP contribution in [0, 0.1) is 11.7 Å². The Morgan fingerprint density at radius 2 is 2.08 bits per heavy atom. The van der Waals surface area contributed by atoms with Gasteiger partial charge in [0.1, 0.15) is 11.4 Å². The maximum absolute atomic E-state index is 15.0. The normalized spacial score (nSPS) is 20.3. The molecular formula is C17H17FN2O3S. The highest BCUT2D eigenvalue weighted by molar-refractivity contribution is 7.91. The van der Waals surface area contributed by atoms with Crippen molar-refractivity contribution in [1.82, 2.24) is 4.72 Å². The van der Waals surface area contributed by atoms with E-state index in [-0.39, 0.29) is 24.5 Å². The molecule has 0 bridgehead atoms. The molecule has 0 radical (unpaired) electrons. The van der Waals surface area contributed by atoms with E-state index in [0.29, 0.717) is 16.7 Å². The molecule has 2 aromatic carbocycles. The first-order chi connectivity index (χ1) is 11.5. The van der Waals surface area contributed by atoms with Crippen LogP contribution in [0.4, 0.5) is 10.1 Å². The molecule has 1 saturated heterocycles. The number of allylic oxidation sites excluding steroid dienone is 1. The molecule has 1 aliphatic heterocycles. The average molecular weight is 348 g/mol. The van der Waals surface area contributed by atoms with Crippen molar-refractivity contribution in [3.63, 3.8) is 0 Å². The van der Waals surface area contributed by atoms with E-state index >= 15 is 0 Å². The van der Waals surface area contributed by atoms with Crippen LogP contribution in [0.25, 0.3) is 16.8 Å². The van der Waals surface area contributed by atoms with E-state index in [1.807, 2.05) is 12.1 Å². The Kier molecular flexibility index (Phi) is 3.51. The number of nitrogens with zero attached hydrogens (tertiary/aromatic N) is 1. The van der Waals surface area contributed by atoms with E-state index in [2.05, 4.69) is 10.8 Å². The molecule has 7 heteroatoms. The second kappa shape index (κ2) is 5.46. The van der Waals surface area contributed by atoms with Gasteiger partial charge < -0.3 is 5.11 Å².